The molecule has 4 heteroatoms. The predicted octanol–water partition coefficient (Wildman–Crippen LogP) is 3.44. The zero-order valence-electron chi connectivity index (χ0n) is 9.97. The highest BCUT2D eigenvalue weighted by atomic mass is 19.1. The number of rotatable bonds is 4. The third kappa shape index (κ3) is 1.94. The summed E-state index contributed by atoms with van der Waals surface area (Å²) in [5.41, 5.74) is 0.201. The second kappa shape index (κ2) is 3.94. The minimum atomic E-state index is -0.682. The van der Waals surface area contributed by atoms with E-state index in [-0.39, 0.29) is 16.7 Å². The molecule has 0 saturated heterocycles. The summed E-state index contributed by atoms with van der Waals surface area (Å²) in [6.45, 7) is 0.636. The van der Waals surface area contributed by atoms with Crippen molar-refractivity contribution < 1.29 is 8.78 Å². The van der Waals surface area contributed by atoms with Crippen molar-refractivity contribution in [2.75, 3.05) is 11.9 Å². The van der Waals surface area contributed by atoms with E-state index in [9.17, 15) is 8.78 Å². The standard InChI is InChI=1S/C14H14F2N2/c15-11-5-9(7-17)6-12(16)13(11)18-8-14(3-4-14)10-1-2-10/h5-6,10,18H,1-4,8H2. The molecule has 18 heavy (non-hydrogen) atoms. The molecule has 0 amide bonds. The first-order valence-corrected chi connectivity index (χ1v) is 6.28. The molecule has 0 aliphatic heterocycles. The van der Waals surface area contributed by atoms with E-state index < -0.39 is 11.6 Å². The van der Waals surface area contributed by atoms with Gasteiger partial charge < -0.3 is 5.32 Å². The van der Waals surface area contributed by atoms with Crippen LogP contribution in [0.1, 0.15) is 31.2 Å². The molecular formula is C14H14F2N2. The highest BCUT2D eigenvalue weighted by molar-refractivity contribution is 5.50. The SMILES string of the molecule is N#Cc1cc(F)c(NCC2(C3CC3)CC2)c(F)c1. The van der Waals surface area contributed by atoms with Gasteiger partial charge in [0.2, 0.25) is 0 Å². The summed E-state index contributed by atoms with van der Waals surface area (Å²) < 4.78 is 27.3. The summed E-state index contributed by atoms with van der Waals surface area (Å²) >= 11 is 0. The molecule has 0 bridgehead atoms. The maximum Gasteiger partial charge on any atom is 0.150 e. The van der Waals surface area contributed by atoms with E-state index in [1.807, 2.05) is 0 Å². The number of nitriles is 1. The summed E-state index contributed by atoms with van der Waals surface area (Å²) in [4.78, 5) is 0. The second-order valence-corrected chi connectivity index (χ2v) is 5.42. The van der Waals surface area contributed by atoms with E-state index in [0.717, 1.165) is 30.9 Å². The predicted molar refractivity (Wildman–Crippen MR) is 64.0 cm³/mol. The van der Waals surface area contributed by atoms with Gasteiger partial charge in [0, 0.05) is 6.54 Å². The van der Waals surface area contributed by atoms with Gasteiger partial charge in [0.15, 0.2) is 11.6 Å². The van der Waals surface area contributed by atoms with Gasteiger partial charge in [-0.3, -0.25) is 0 Å². The molecule has 0 radical (unpaired) electrons. The molecule has 0 spiro atoms. The Morgan fingerprint density at radius 2 is 1.89 bits per heavy atom. The fraction of sp³-hybridized carbons (Fsp3) is 0.500. The van der Waals surface area contributed by atoms with Crippen LogP contribution in [0, 0.1) is 34.3 Å². The Labute approximate surface area is 105 Å². The Balaban J connectivity index is 1.75. The van der Waals surface area contributed by atoms with Crippen molar-refractivity contribution in [2.45, 2.75) is 25.7 Å². The Bertz CT molecular complexity index is 502. The van der Waals surface area contributed by atoms with Crippen molar-refractivity contribution in [3.05, 3.63) is 29.3 Å². The van der Waals surface area contributed by atoms with Gasteiger partial charge in [-0.25, -0.2) is 8.78 Å². The summed E-state index contributed by atoms with van der Waals surface area (Å²) in [5, 5.41) is 11.5. The van der Waals surface area contributed by atoms with E-state index in [1.54, 1.807) is 6.07 Å². The third-order valence-electron chi connectivity index (χ3n) is 4.12. The molecule has 1 N–H and O–H groups in total. The van der Waals surface area contributed by atoms with Crippen molar-refractivity contribution in [1.82, 2.24) is 0 Å². The van der Waals surface area contributed by atoms with Gasteiger partial charge in [-0.2, -0.15) is 5.26 Å². The number of nitrogens with one attached hydrogen (secondary N) is 1. The summed E-state index contributed by atoms with van der Waals surface area (Å²) in [5.74, 6) is -0.620. The topological polar surface area (TPSA) is 35.8 Å². The Morgan fingerprint density at radius 3 is 2.33 bits per heavy atom. The molecular weight excluding hydrogens is 234 g/mol. The van der Waals surface area contributed by atoms with Crippen molar-refractivity contribution in [3.63, 3.8) is 0 Å². The minimum absolute atomic E-state index is 0.0129. The first kappa shape index (κ1) is 11.5. The Kier molecular flexibility index (Phi) is 2.51. The minimum Gasteiger partial charge on any atom is -0.380 e. The first-order valence-electron chi connectivity index (χ1n) is 6.28. The maximum atomic E-state index is 13.7. The van der Waals surface area contributed by atoms with Gasteiger partial charge in [0.1, 0.15) is 5.69 Å². The van der Waals surface area contributed by atoms with Gasteiger partial charge in [-0.1, -0.05) is 0 Å². The van der Waals surface area contributed by atoms with Crippen LogP contribution >= 0.6 is 0 Å². The first-order chi connectivity index (χ1) is 8.64. The molecule has 94 valence electrons. The number of hydrogen-bond donors (Lipinski definition) is 1. The van der Waals surface area contributed by atoms with Gasteiger partial charge in [-0.05, 0) is 49.1 Å². The van der Waals surface area contributed by atoms with Crippen LogP contribution in [0.5, 0.6) is 0 Å². The van der Waals surface area contributed by atoms with E-state index in [0.29, 0.717) is 6.54 Å². The molecule has 2 aliphatic carbocycles. The van der Waals surface area contributed by atoms with Crippen molar-refractivity contribution in [3.8, 4) is 6.07 Å². The number of hydrogen-bond acceptors (Lipinski definition) is 2. The monoisotopic (exact) mass is 248 g/mol. The molecule has 1 aromatic carbocycles. The van der Waals surface area contributed by atoms with Crippen molar-refractivity contribution in [2.24, 2.45) is 11.3 Å². The quantitative estimate of drug-likeness (QED) is 0.886. The largest absolute Gasteiger partial charge is 0.380 e. The summed E-state index contributed by atoms with van der Waals surface area (Å²) in [6, 6.07) is 3.88. The van der Waals surface area contributed by atoms with Crippen LogP contribution in [-0.2, 0) is 0 Å². The van der Waals surface area contributed by atoms with E-state index in [2.05, 4.69) is 5.32 Å². The molecule has 0 heterocycles. The summed E-state index contributed by atoms with van der Waals surface area (Å²) in [7, 11) is 0. The van der Waals surface area contributed by atoms with Gasteiger partial charge in [0.25, 0.3) is 0 Å². The van der Waals surface area contributed by atoms with Crippen molar-refractivity contribution >= 4 is 5.69 Å². The fourth-order valence-electron chi connectivity index (χ4n) is 2.66. The molecule has 2 fully saturated rings. The van der Waals surface area contributed by atoms with E-state index in [1.165, 1.54) is 12.8 Å². The average molecular weight is 248 g/mol. The molecule has 2 nitrogen and oxygen atoms in total. The van der Waals surface area contributed by atoms with Crippen LogP contribution in [0.25, 0.3) is 0 Å². The van der Waals surface area contributed by atoms with Gasteiger partial charge in [0.05, 0.1) is 11.6 Å². The molecule has 0 atom stereocenters. The molecule has 3 rings (SSSR count). The van der Waals surface area contributed by atoms with Crippen molar-refractivity contribution in [1.29, 1.82) is 5.26 Å². The zero-order valence-corrected chi connectivity index (χ0v) is 9.97. The lowest BCUT2D eigenvalue weighted by molar-refractivity contribution is 0.463. The molecule has 0 aromatic heterocycles. The van der Waals surface area contributed by atoms with E-state index >= 15 is 0 Å². The molecule has 1 aromatic rings. The van der Waals surface area contributed by atoms with E-state index in [4.69, 9.17) is 5.26 Å². The Hall–Kier alpha value is -1.63. The van der Waals surface area contributed by atoms with Crippen LogP contribution in [-0.4, -0.2) is 6.54 Å². The highest BCUT2D eigenvalue weighted by Gasteiger charge is 2.53. The van der Waals surface area contributed by atoms with Gasteiger partial charge >= 0.3 is 0 Å². The number of nitrogens with zero attached hydrogens (tertiary/aromatic N) is 1. The maximum absolute atomic E-state index is 13.7. The molecule has 2 aliphatic rings. The third-order valence-corrected chi connectivity index (χ3v) is 4.12. The lowest BCUT2D eigenvalue weighted by Crippen LogP contribution is -2.18. The lowest BCUT2D eigenvalue weighted by atomic mass is 10.0. The number of benzene rings is 1. The van der Waals surface area contributed by atoms with Gasteiger partial charge in [-0.15, -0.1) is 0 Å². The summed E-state index contributed by atoms with van der Waals surface area (Å²) in [6.07, 6.45) is 4.81. The van der Waals surface area contributed by atoms with Crippen LogP contribution in [0.2, 0.25) is 0 Å². The van der Waals surface area contributed by atoms with Crippen LogP contribution in [0.4, 0.5) is 14.5 Å². The van der Waals surface area contributed by atoms with Crippen LogP contribution < -0.4 is 5.32 Å². The lowest BCUT2D eigenvalue weighted by Gasteiger charge is -2.16. The zero-order chi connectivity index (χ0) is 12.8. The highest BCUT2D eigenvalue weighted by Crippen LogP contribution is 2.61. The number of anilines is 1. The smallest absolute Gasteiger partial charge is 0.150 e. The molecule has 0 unspecified atom stereocenters. The normalized spacial score (nSPS) is 20.3. The second-order valence-electron chi connectivity index (χ2n) is 5.42. The Morgan fingerprint density at radius 1 is 1.28 bits per heavy atom. The number of halogens is 2. The van der Waals surface area contributed by atoms with Crippen LogP contribution in [0.15, 0.2) is 12.1 Å². The average Bonchev–Trinajstić information content (AvgIpc) is 3.19. The molecule has 2 saturated carbocycles. The van der Waals surface area contributed by atoms with Crippen LogP contribution in [0.3, 0.4) is 0 Å². The fourth-order valence-corrected chi connectivity index (χ4v) is 2.66.